The van der Waals surface area contributed by atoms with Crippen LogP contribution >= 0.6 is 35.3 Å². The lowest BCUT2D eigenvalue weighted by Gasteiger charge is -2.10. The van der Waals surface area contributed by atoms with E-state index in [0.717, 1.165) is 29.5 Å². The van der Waals surface area contributed by atoms with Gasteiger partial charge in [0.1, 0.15) is 22.5 Å². The molecule has 2 heterocycles. The van der Waals surface area contributed by atoms with E-state index < -0.39 is 0 Å². The number of nitrogens with one attached hydrogen (secondary N) is 2. The van der Waals surface area contributed by atoms with Crippen molar-refractivity contribution in [2.75, 3.05) is 19.3 Å². The second-order valence-electron chi connectivity index (χ2n) is 6.60. The largest absolute Gasteiger partial charge is 0.382 e. The highest BCUT2D eigenvalue weighted by Crippen LogP contribution is 2.21. The fourth-order valence-electron chi connectivity index (χ4n) is 2.98. The molecule has 0 aliphatic rings. The van der Waals surface area contributed by atoms with Crippen molar-refractivity contribution < 1.29 is 0 Å². The monoisotopic (exact) mass is 550 g/mol. The Balaban J connectivity index is 0.00000341. The van der Waals surface area contributed by atoms with Crippen LogP contribution in [0.5, 0.6) is 0 Å². The Morgan fingerprint density at radius 1 is 1.29 bits per heavy atom. The molecule has 4 N–H and O–H groups in total. The van der Waals surface area contributed by atoms with Crippen LogP contribution in [0, 0.1) is 11.3 Å². The summed E-state index contributed by atoms with van der Waals surface area (Å²) in [6, 6.07) is 11.8. The molecule has 0 bridgehead atoms. The van der Waals surface area contributed by atoms with E-state index in [9.17, 15) is 5.26 Å². The Labute approximate surface area is 203 Å². The first-order valence-corrected chi connectivity index (χ1v) is 10.7. The van der Waals surface area contributed by atoms with Crippen molar-refractivity contribution in [3.05, 3.63) is 57.7 Å². The Hall–Kier alpha value is -2.65. The van der Waals surface area contributed by atoms with Gasteiger partial charge < -0.3 is 16.4 Å². The van der Waals surface area contributed by atoms with Gasteiger partial charge in [0.15, 0.2) is 5.96 Å². The number of para-hydroxylation sites is 1. The number of rotatable bonds is 8. The number of thiazole rings is 1. The second-order valence-corrected chi connectivity index (χ2v) is 7.80. The third-order valence-electron chi connectivity index (χ3n) is 4.57. The molecule has 1 aromatic carbocycles. The normalized spacial score (nSPS) is 10.9. The average Bonchev–Trinajstić information content (AvgIpc) is 3.37. The van der Waals surface area contributed by atoms with E-state index in [1.165, 1.54) is 4.88 Å². The zero-order valence-electron chi connectivity index (χ0n) is 17.6. The van der Waals surface area contributed by atoms with Gasteiger partial charge in [-0.1, -0.05) is 25.1 Å². The number of nitriles is 1. The summed E-state index contributed by atoms with van der Waals surface area (Å²) in [5.41, 5.74) is 8.15. The summed E-state index contributed by atoms with van der Waals surface area (Å²) in [5, 5.41) is 21.7. The Kier molecular flexibility index (Phi) is 9.74. The molecule has 3 rings (SSSR count). The molecule has 0 spiro atoms. The summed E-state index contributed by atoms with van der Waals surface area (Å²) in [5.74, 6) is 1.09. The lowest BCUT2D eigenvalue weighted by atomic mass is 10.1. The van der Waals surface area contributed by atoms with E-state index >= 15 is 0 Å². The van der Waals surface area contributed by atoms with Crippen LogP contribution in [0.25, 0.3) is 5.69 Å². The molecule has 0 saturated carbocycles. The number of aromatic nitrogens is 3. The summed E-state index contributed by atoms with van der Waals surface area (Å²) in [6.07, 6.45) is 4.35. The smallest absolute Gasteiger partial charge is 0.191 e. The number of guanidine groups is 1. The standard InChI is InChI=1S/C21H26N8S.HI/c1-3-16-13-26-19(30-16)14-27-21(24-2)25-11-7-10-18-17(12-22)20(23)29(28-18)15-8-5-4-6-9-15;/h4-6,8-9,13H,3,7,10-11,14,23H2,1-2H3,(H2,24,25,27);1H. The number of benzene rings is 1. The van der Waals surface area contributed by atoms with Crippen molar-refractivity contribution >= 4 is 47.1 Å². The number of hydrogen-bond acceptors (Lipinski definition) is 6. The van der Waals surface area contributed by atoms with Crippen molar-refractivity contribution in [3.8, 4) is 11.8 Å². The minimum atomic E-state index is 0. The summed E-state index contributed by atoms with van der Waals surface area (Å²) in [4.78, 5) is 9.92. The number of anilines is 1. The summed E-state index contributed by atoms with van der Waals surface area (Å²) in [7, 11) is 1.74. The molecule has 164 valence electrons. The van der Waals surface area contributed by atoms with Gasteiger partial charge in [-0.2, -0.15) is 10.4 Å². The molecular formula is C21H27IN8S. The summed E-state index contributed by atoms with van der Waals surface area (Å²) >= 11 is 1.71. The maximum atomic E-state index is 9.51. The van der Waals surface area contributed by atoms with Crippen LogP contribution in [-0.2, 0) is 19.4 Å². The van der Waals surface area contributed by atoms with Crippen LogP contribution in [0.15, 0.2) is 41.5 Å². The highest BCUT2D eigenvalue weighted by Gasteiger charge is 2.16. The molecule has 0 atom stereocenters. The SMILES string of the molecule is CCc1cnc(CNC(=NC)NCCCc2nn(-c3ccccc3)c(N)c2C#N)s1.I. The molecule has 2 aromatic heterocycles. The molecular weight excluding hydrogens is 523 g/mol. The first-order chi connectivity index (χ1) is 14.7. The Morgan fingerprint density at radius 2 is 2.06 bits per heavy atom. The van der Waals surface area contributed by atoms with E-state index in [1.54, 1.807) is 23.1 Å². The average molecular weight is 550 g/mol. The van der Waals surface area contributed by atoms with Crippen molar-refractivity contribution in [3.63, 3.8) is 0 Å². The quantitative estimate of drug-likeness (QED) is 0.172. The minimum Gasteiger partial charge on any atom is -0.382 e. The van der Waals surface area contributed by atoms with Gasteiger partial charge in [0, 0.05) is 24.7 Å². The molecule has 3 aromatic rings. The molecule has 31 heavy (non-hydrogen) atoms. The number of aryl methyl sites for hydroxylation is 2. The van der Waals surface area contributed by atoms with Gasteiger partial charge in [0.25, 0.3) is 0 Å². The number of nitrogens with zero attached hydrogens (tertiary/aromatic N) is 5. The topological polar surface area (TPSA) is 117 Å². The zero-order valence-corrected chi connectivity index (χ0v) is 20.8. The number of nitrogen functional groups attached to an aromatic ring is 1. The fourth-order valence-corrected chi connectivity index (χ4v) is 3.78. The fraction of sp³-hybridized carbons (Fsp3) is 0.333. The predicted octanol–water partition coefficient (Wildman–Crippen LogP) is 3.26. The van der Waals surface area contributed by atoms with Crippen molar-refractivity contribution in [1.82, 2.24) is 25.4 Å². The van der Waals surface area contributed by atoms with Crippen molar-refractivity contribution in [2.45, 2.75) is 32.7 Å². The molecule has 10 heteroatoms. The van der Waals surface area contributed by atoms with Crippen LogP contribution in [0.3, 0.4) is 0 Å². The number of hydrogen-bond donors (Lipinski definition) is 3. The third kappa shape index (κ3) is 6.41. The van der Waals surface area contributed by atoms with E-state index in [0.29, 0.717) is 36.6 Å². The van der Waals surface area contributed by atoms with Crippen LogP contribution < -0.4 is 16.4 Å². The lowest BCUT2D eigenvalue weighted by Crippen LogP contribution is -2.37. The van der Waals surface area contributed by atoms with Crippen LogP contribution in [0.2, 0.25) is 0 Å². The highest BCUT2D eigenvalue weighted by atomic mass is 127. The van der Waals surface area contributed by atoms with Crippen LogP contribution in [-0.4, -0.2) is 34.3 Å². The minimum absolute atomic E-state index is 0. The van der Waals surface area contributed by atoms with Gasteiger partial charge >= 0.3 is 0 Å². The number of aliphatic imine (C=N–C) groups is 1. The van der Waals surface area contributed by atoms with Gasteiger partial charge in [-0.15, -0.1) is 35.3 Å². The third-order valence-corrected chi connectivity index (χ3v) is 5.71. The van der Waals surface area contributed by atoms with E-state index in [2.05, 4.69) is 38.7 Å². The molecule has 0 amide bonds. The van der Waals surface area contributed by atoms with Gasteiger partial charge in [-0.25, -0.2) is 9.67 Å². The Morgan fingerprint density at radius 3 is 2.71 bits per heavy atom. The highest BCUT2D eigenvalue weighted by molar-refractivity contribution is 14.0. The van der Waals surface area contributed by atoms with Gasteiger partial charge in [-0.05, 0) is 31.4 Å². The van der Waals surface area contributed by atoms with Crippen LogP contribution in [0.1, 0.15) is 34.5 Å². The Bertz CT molecular complexity index is 1040. The maximum absolute atomic E-state index is 9.51. The van der Waals surface area contributed by atoms with Gasteiger partial charge in [-0.3, -0.25) is 4.99 Å². The molecule has 0 radical (unpaired) electrons. The second kappa shape index (κ2) is 12.3. The maximum Gasteiger partial charge on any atom is 0.191 e. The van der Waals surface area contributed by atoms with Crippen LogP contribution in [0.4, 0.5) is 5.82 Å². The van der Waals surface area contributed by atoms with Crippen molar-refractivity contribution in [2.24, 2.45) is 4.99 Å². The van der Waals surface area contributed by atoms with E-state index in [-0.39, 0.29) is 24.0 Å². The molecule has 0 aliphatic heterocycles. The summed E-state index contributed by atoms with van der Waals surface area (Å²) in [6.45, 7) is 3.46. The summed E-state index contributed by atoms with van der Waals surface area (Å²) < 4.78 is 1.63. The first kappa shape index (κ1) is 24.6. The van der Waals surface area contributed by atoms with Gasteiger partial charge in [0.2, 0.25) is 0 Å². The number of nitrogens with two attached hydrogens (primary N) is 1. The molecule has 0 aliphatic carbocycles. The number of halogens is 1. The van der Waals surface area contributed by atoms with E-state index in [4.69, 9.17) is 5.73 Å². The molecule has 0 fully saturated rings. The molecule has 0 unspecified atom stereocenters. The zero-order chi connectivity index (χ0) is 21.3. The first-order valence-electron chi connectivity index (χ1n) is 9.87. The molecule has 0 saturated heterocycles. The van der Waals surface area contributed by atoms with Gasteiger partial charge in [0.05, 0.1) is 17.9 Å². The van der Waals surface area contributed by atoms with Crippen molar-refractivity contribution in [1.29, 1.82) is 5.26 Å². The molecule has 8 nitrogen and oxygen atoms in total. The predicted molar refractivity (Wildman–Crippen MR) is 136 cm³/mol. The lowest BCUT2D eigenvalue weighted by molar-refractivity contribution is 0.721. The van der Waals surface area contributed by atoms with E-state index in [1.807, 2.05) is 36.5 Å².